The Balaban J connectivity index is 1.35. The lowest BCUT2D eigenvalue weighted by Gasteiger charge is -2.40. The fourth-order valence-corrected chi connectivity index (χ4v) is 5.43. The van der Waals surface area contributed by atoms with Crippen LogP contribution in [0.2, 0.25) is 0 Å². The van der Waals surface area contributed by atoms with Crippen molar-refractivity contribution in [3.05, 3.63) is 89.5 Å². The Hall–Kier alpha value is -4.44. The highest BCUT2D eigenvalue weighted by molar-refractivity contribution is 6.09. The lowest BCUT2D eigenvalue weighted by Crippen LogP contribution is -2.61. The average molecular weight is 520 g/mol. The number of nitrogen functional groups attached to an aromatic ring is 1. The topological polar surface area (TPSA) is 120 Å². The Kier molecular flexibility index (Phi) is 7.74. The first kappa shape index (κ1) is 26.2. The predicted molar refractivity (Wildman–Crippen MR) is 154 cm³/mol. The summed E-state index contributed by atoms with van der Waals surface area (Å²) < 4.78 is 0. The van der Waals surface area contributed by atoms with Crippen LogP contribution in [-0.2, 0) is 4.79 Å². The van der Waals surface area contributed by atoms with Crippen molar-refractivity contribution in [1.29, 1.82) is 5.26 Å². The van der Waals surface area contributed by atoms with Crippen LogP contribution in [0.25, 0.3) is 0 Å². The van der Waals surface area contributed by atoms with Crippen LogP contribution >= 0.6 is 0 Å². The third kappa shape index (κ3) is 5.85. The first-order valence-electron chi connectivity index (χ1n) is 13.7. The second-order valence-electron chi connectivity index (χ2n) is 10.5. The van der Waals surface area contributed by atoms with Gasteiger partial charge in [-0.25, -0.2) is 0 Å². The molecule has 0 bridgehead atoms. The number of nitrogens with zero attached hydrogens (tertiary/aromatic N) is 2. The van der Waals surface area contributed by atoms with Gasteiger partial charge in [0, 0.05) is 28.4 Å². The number of para-hydroxylation sites is 1. The number of hydrogen-bond donors (Lipinski definition) is 3. The van der Waals surface area contributed by atoms with Gasteiger partial charge in [0.2, 0.25) is 5.91 Å². The van der Waals surface area contributed by atoms with Crippen molar-refractivity contribution in [3.63, 3.8) is 0 Å². The predicted octanol–water partition coefficient (Wildman–Crippen LogP) is 6.13. The number of rotatable bonds is 7. The number of amides is 2. The molecule has 7 nitrogen and oxygen atoms in total. The summed E-state index contributed by atoms with van der Waals surface area (Å²) in [4.78, 5) is 31.5. The van der Waals surface area contributed by atoms with Crippen LogP contribution in [0.4, 0.5) is 17.1 Å². The quantitative estimate of drug-likeness (QED) is 0.257. The summed E-state index contributed by atoms with van der Waals surface area (Å²) in [7, 11) is 0. The van der Waals surface area contributed by atoms with Gasteiger partial charge in [-0.05, 0) is 80.6 Å². The maximum atomic E-state index is 13.3. The van der Waals surface area contributed by atoms with Crippen LogP contribution < -0.4 is 16.4 Å². The van der Waals surface area contributed by atoms with Crippen molar-refractivity contribution < 1.29 is 9.59 Å². The highest BCUT2D eigenvalue weighted by Crippen LogP contribution is 2.35. The third-order valence-electron chi connectivity index (χ3n) is 7.85. The van der Waals surface area contributed by atoms with Gasteiger partial charge >= 0.3 is 0 Å². The van der Waals surface area contributed by atoms with Crippen molar-refractivity contribution in [2.75, 3.05) is 11.1 Å². The lowest BCUT2D eigenvalue weighted by molar-refractivity contribution is -0.125. The van der Waals surface area contributed by atoms with Gasteiger partial charge in [-0.15, -0.1) is 0 Å². The Morgan fingerprint density at radius 3 is 2.26 bits per heavy atom. The number of anilines is 2. The summed E-state index contributed by atoms with van der Waals surface area (Å²) in [5.74, 6) is -0.266. The van der Waals surface area contributed by atoms with E-state index >= 15 is 0 Å². The molecule has 7 heteroatoms. The van der Waals surface area contributed by atoms with Crippen molar-refractivity contribution >= 4 is 34.6 Å². The van der Waals surface area contributed by atoms with Gasteiger partial charge in [-0.2, -0.15) is 5.26 Å². The Morgan fingerprint density at radius 2 is 1.64 bits per heavy atom. The van der Waals surface area contributed by atoms with Crippen molar-refractivity contribution in [2.24, 2.45) is 10.9 Å². The van der Waals surface area contributed by atoms with E-state index in [1.165, 1.54) is 19.3 Å². The van der Waals surface area contributed by atoms with Crippen molar-refractivity contribution in [1.82, 2.24) is 5.32 Å². The van der Waals surface area contributed by atoms with Gasteiger partial charge in [0.05, 0.1) is 23.0 Å². The summed E-state index contributed by atoms with van der Waals surface area (Å²) in [5.41, 5.74) is 10.3. The van der Waals surface area contributed by atoms with E-state index < -0.39 is 5.54 Å². The number of nitrogens with one attached hydrogen (secondary N) is 2. The van der Waals surface area contributed by atoms with E-state index in [1.807, 2.05) is 36.4 Å². The Morgan fingerprint density at radius 1 is 0.923 bits per heavy atom. The molecule has 198 valence electrons. The van der Waals surface area contributed by atoms with Crippen molar-refractivity contribution in [3.8, 4) is 6.07 Å². The molecule has 2 aliphatic carbocycles. The molecule has 0 aliphatic heterocycles. The van der Waals surface area contributed by atoms with Gasteiger partial charge in [0.1, 0.15) is 5.54 Å². The maximum Gasteiger partial charge on any atom is 0.252 e. The fraction of sp³-hybridized carbons (Fsp3) is 0.312. The summed E-state index contributed by atoms with van der Waals surface area (Å²) in [6, 6.07) is 24.0. The number of nitriles is 1. The van der Waals surface area contributed by atoms with E-state index in [-0.39, 0.29) is 11.8 Å². The van der Waals surface area contributed by atoms with E-state index in [1.54, 1.807) is 36.4 Å². The highest BCUT2D eigenvalue weighted by atomic mass is 16.2. The van der Waals surface area contributed by atoms with E-state index in [2.05, 4.69) is 16.7 Å². The van der Waals surface area contributed by atoms with Crippen molar-refractivity contribution in [2.45, 2.75) is 56.9 Å². The molecule has 5 rings (SSSR count). The zero-order chi connectivity index (χ0) is 27.2. The molecule has 3 aromatic rings. The standard InChI is InChI=1S/C32H33N5O2/c33-21-22-12-15-26(16-13-22)36-31(39)32(18-7-19-32)37-30(38)24-14-17-27(28(34)20-24)29(23-8-3-1-4-9-23)35-25-10-5-2-6-11-25/h2,5-6,10-17,20,23H,1,3-4,7-9,18-19,34H2,(H,36,39)(H,37,38). The van der Waals surface area contributed by atoms with Crippen LogP contribution in [0.5, 0.6) is 0 Å². The van der Waals surface area contributed by atoms with Gasteiger partial charge in [0.25, 0.3) is 5.91 Å². The van der Waals surface area contributed by atoms with Crippen LogP contribution in [0, 0.1) is 17.2 Å². The molecule has 3 aromatic carbocycles. The van der Waals surface area contributed by atoms with Crippen LogP contribution in [-0.4, -0.2) is 23.1 Å². The summed E-state index contributed by atoms with van der Waals surface area (Å²) in [6.45, 7) is 0. The molecule has 4 N–H and O–H groups in total. The molecule has 0 saturated heterocycles. The molecular weight excluding hydrogens is 486 g/mol. The van der Waals surface area contributed by atoms with E-state index in [4.69, 9.17) is 16.0 Å². The normalized spacial score (nSPS) is 16.9. The molecule has 0 unspecified atom stereocenters. The number of carbonyl (C=O) groups excluding carboxylic acids is 2. The summed E-state index contributed by atoms with van der Waals surface area (Å²) in [6.07, 6.45) is 7.70. The monoisotopic (exact) mass is 519 g/mol. The van der Waals surface area contributed by atoms with Crippen LogP contribution in [0.15, 0.2) is 77.8 Å². The van der Waals surface area contributed by atoms with Crippen LogP contribution in [0.1, 0.15) is 72.9 Å². The molecule has 0 atom stereocenters. The lowest BCUT2D eigenvalue weighted by atomic mass is 9.75. The SMILES string of the molecule is N#Cc1ccc(NC(=O)C2(NC(=O)c3ccc(C(=Nc4ccccc4)C4CCCCC4)c(N)c3)CCC2)cc1. The van der Waals surface area contributed by atoms with E-state index in [9.17, 15) is 9.59 Å². The molecule has 0 radical (unpaired) electrons. The number of benzene rings is 3. The summed E-state index contributed by atoms with van der Waals surface area (Å²) in [5, 5.41) is 14.9. The number of nitrogens with two attached hydrogens (primary N) is 1. The average Bonchev–Trinajstić information content (AvgIpc) is 2.95. The second-order valence-corrected chi connectivity index (χ2v) is 10.5. The van der Waals surface area contributed by atoms with E-state index in [0.717, 1.165) is 36.2 Å². The largest absolute Gasteiger partial charge is 0.398 e. The molecule has 39 heavy (non-hydrogen) atoms. The van der Waals surface area contributed by atoms with Gasteiger partial charge < -0.3 is 16.4 Å². The minimum atomic E-state index is -0.972. The van der Waals surface area contributed by atoms with E-state index in [0.29, 0.717) is 41.3 Å². The molecule has 0 aromatic heterocycles. The minimum Gasteiger partial charge on any atom is -0.398 e. The molecule has 2 fully saturated rings. The Bertz CT molecular complexity index is 1410. The summed E-state index contributed by atoms with van der Waals surface area (Å²) >= 11 is 0. The zero-order valence-electron chi connectivity index (χ0n) is 22.0. The van der Waals surface area contributed by atoms with Crippen LogP contribution in [0.3, 0.4) is 0 Å². The molecule has 2 amide bonds. The number of hydrogen-bond acceptors (Lipinski definition) is 5. The van der Waals surface area contributed by atoms with Gasteiger partial charge in [-0.1, -0.05) is 43.5 Å². The molecule has 2 aliphatic rings. The second kappa shape index (κ2) is 11.5. The molecule has 0 spiro atoms. The fourth-order valence-electron chi connectivity index (χ4n) is 5.43. The third-order valence-corrected chi connectivity index (χ3v) is 7.85. The molecule has 2 saturated carbocycles. The molecular formula is C32H33N5O2. The smallest absolute Gasteiger partial charge is 0.252 e. The first-order chi connectivity index (χ1) is 19.0. The highest BCUT2D eigenvalue weighted by Gasteiger charge is 2.45. The number of carbonyl (C=O) groups is 2. The maximum absolute atomic E-state index is 13.3. The number of aliphatic imine (C=N–C) groups is 1. The minimum absolute atomic E-state index is 0.258. The molecule has 0 heterocycles. The Labute approximate surface area is 229 Å². The van der Waals surface area contributed by atoms with Gasteiger partial charge in [-0.3, -0.25) is 14.6 Å². The zero-order valence-corrected chi connectivity index (χ0v) is 22.0. The first-order valence-corrected chi connectivity index (χ1v) is 13.7. The van der Waals surface area contributed by atoms with Gasteiger partial charge in [0.15, 0.2) is 0 Å².